The topological polar surface area (TPSA) is 73.3 Å². The molecule has 6 rings (SSSR count). The maximum absolute atomic E-state index is 14.3. The van der Waals surface area contributed by atoms with E-state index in [-0.39, 0.29) is 5.82 Å². The molecule has 0 fully saturated rings. The summed E-state index contributed by atoms with van der Waals surface area (Å²) in [6.45, 7) is 5.86. The molecule has 6 aromatic rings. The van der Waals surface area contributed by atoms with E-state index in [9.17, 15) is 13.2 Å². The highest BCUT2D eigenvalue weighted by Crippen LogP contribution is 2.30. The lowest BCUT2D eigenvalue weighted by Gasteiger charge is -2.13. The molecular formula is C29H25BrF3N7. The summed E-state index contributed by atoms with van der Waals surface area (Å²) < 4.78 is 46.3. The van der Waals surface area contributed by atoms with Gasteiger partial charge in [-0.25, -0.2) is 33.1 Å². The van der Waals surface area contributed by atoms with Gasteiger partial charge in [0.2, 0.25) is 11.6 Å². The van der Waals surface area contributed by atoms with Crippen molar-refractivity contribution in [1.29, 1.82) is 0 Å². The molecule has 7 nitrogen and oxygen atoms in total. The Bertz CT molecular complexity index is 1800. The summed E-state index contributed by atoms with van der Waals surface area (Å²) in [5, 5.41) is 0. The van der Waals surface area contributed by atoms with Crippen LogP contribution in [0.15, 0.2) is 84.2 Å². The van der Waals surface area contributed by atoms with Gasteiger partial charge in [-0.05, 0) is 80.0 Å². The molecule has 0 spiro atoms. The fraction of sp³-hybridized carbons (Fsp3) is 0.207. The van der Waals surface area contributed by atoms with Crippen LogP contribution >= 0.6 is 15.9 Å². The van der Waals surface area contributed by atoms with Crippen molar-refractivity contribution in [1.82, 2.24) is 33.7 Å². The van der Waals surface area contributed by atoms with Crippen LogP contribution in [0.1, 0.15) is 39.1 Å². The number of halogens is 4. The first-order chi connectivity index (χ1) is 18.9. The van der Waals surface area contributed by atoms with E-state index in [4.69, 9.17) is 0 Å². The molecule has 0 amide bonds. The van der Waals surface area contributed by atoms with E-state index in [0.29, 0.717) is 34.1 Å². The monoisotopic (exact) mass is 607 g/mol. The summed E-state index contributed by atoms with van der Waals surface area (Å²) in [4.78, 5) is 20.7. The number of hydrogen-bond acceptors (Lipinski definition) is 5. The Balaban J connectivity index is 0.000000194. The molecule has 5 aromatic heterocycles. The third kappa shape index (κ3) is 5.60. The van der Waals surface area contributed by atoms with Crippen LogP contribution in [0.2, 0.25) is 0 Å². The number of rotatable bonds is 4. The standard InChI is InChI=1S/C20H16F2N4.C9H9BrFN3/c1-20(2,22)18-7-9-26-17(12-24-19(26)25-18)13-5-6-16(21)15(10-13)14-4-3-8-23-11-14;1-9(2,11)6-3-4-14-7(10)5-12-8(14)13-6/h3-12H,1-2H3;3-5H,1-2H3. The molecule has 11 heteroatoms. The molecule has 0 aliphatic rings. The van der Waals surface area contributed by atoms with Gasteiger partial charge in [-0.1, -0.05) is 6.07 Å². The average Bonchev–Trinajstić information content (AvgIpc) is 3.52. The maximum atomic E-state index is 14.3. The fourth-order valence-corrected chi connectivity index (χ4v) is 4.40. The van der Waals surface area contributed by atoms with E-state index in [0.717, 1.165) is 15.9 Å². The number of benzene rings is 1. The summed E-state index contributed by atoms with van der Waals surface area (Å²) in [5.41, 5.74) is 0.422. The third-order valence-corrected chi connectivity index (χ3v) is 6.75. The van der Waals surface area contributed by atoms with Gasteiger partial charge in [0.15, 0.2) is 0 Å². The Morgan fingerprint density at radius 3 is 2.00 bits per heavy atom. The lowest BCUT2D eigenvalue weighted by atomic mass is 10.0. The van der Waals surface area contributed by atoms with Crippen molar-refractivity contribution in [2.75, 3.05) is 0 Å². The van der Waals surface area contributed by atoms with Crippen molar-refractivity contribution >= 4 is 27.5 Å². The molecule has 1 aromatic carbocycles. The zero-order valence-corrected chi connectivity index (χ0v) is 23.7. The van der Waals surface area contributed by atoms with Crippen LogP contribution in [0.5, 0.6) is 0 Å². The van der Waals surface area contributed by atoms with E-state index in [2.05, 4.69) is 40.8 Å². The lowest BCUT2D eigenvalue weighted by Crippen LogP contribution is -2.12. The van der Waals surface area contributed by atoms with Gasteiger partial charge in [-0.2, -0.15) is 0 Å². The molecule has 0 aliphatic heterocycles. The van der Waals surface area contributed by atoms with Crippen molar-refractivity contribution < 1.29 is 13.2 Å². The van der Waals surface area contributed by atoms with Crippen molar-refractivity contribution in [3.8, 4) is 22.4 Å². The minimum atomic E-state index is -1.54. The molecule has 5 heterocycles. The number of alkyl halides is 2. The number of fused-ring (bicyclic) bond motifs is 2. The number of imidazole rings is 2. The smallest absolute Gasteiger partial charge is 0.234 e. The Morgan fingerprint density at radius 2 is 1.38 bits per heavy atom. The first-order valence-corrected chi connectivity index (χ1v) is 13.1. The van der Waals surface area contributed by atoms with E-state index in [1.165, 1.54) is 33.8 Å². The number of nitrogens with zero attached hydrogens (tertiary/aromatic N) is 7. The lowest BCUT2D eigenvalue weighted by molar-refractivity contribution is 0.214. The van der Waals surface area contributed by atoms with Gasteiger partial charge in [-0.3, -0.25) is 13.8 Å². The van der Waals surface area contributed by atoms with Crippen LogP contribution in [0.25, 0.3) is 33.9 Å². The van der Waals surface area contributed by atoms with Crippen molar-refractivity contribution in [2.24, 2.45) is 0 Å². The molecule has 204 valence electrons. The Kier molecular flexibility index (Phi) is 7.17. The van der Waals surface area contributed by atoms with Crippen molar-refractivity contribution in [3.63, 3.8) is 0 Å². The van der Waals surface area contributed by atoms with Crippen LogP contribution < -0.4 is 0 Å². The van der Waals surface area contributed by atoms with E-state index in [1.54, 1.807) is 82.4 Å². The predicted octanol–water partition coefficient (Wildman–Crippen LogP) is 7.50. The summed E-state index contributed by atoms with van der Waals surface area (Å²) >= 11 is 3.31. The second kappa shape index (κ2) is 10.5. The largest absolute Gasteiger partial charge is 0.284 e. The van der Waals surface area contributed by atoms with Gasteiger partial charge >= 0.3 is 0 Å². The molecule has 0 saturated carbocycles. The fourth-order valence-electron chi connectivity index (χ4n) is 4.02. The second-order valence-corrected chi connectivity index (χ2v) is 10.9. The zero-order valence-electron chi connectivity index (χ0n) is 22.1. The van der Waals surface area contributed by atoms with Crippen molar-refractivity contribution in [3.05, 3.63) is 101 Å². The van der Waals surface area contributed by atoms with E-state index in [1.807, 2.05) is 0 Å². The second-order valence-electron chi connectivity index (χ2n) is 10.1. The van der Waals surface area contributed by atoms with E-state index < -0.39 is 11.3 Å². The highest BCUT2D eigenvalue weighted by molar-refractivity contribution is 9.10. The Hall–Kier alpha value is -4.12. The number of pyridine rings is 1. The number of aromatic nitrogens is 7. The summed E-state index contributed by atoms with van der Waals surface area (Å²) in [6.07, 6.45) is 10.0. The Morgan fingerprint density at radius 1 is 0.750 bits per heavy atom. The molecule has 0 radical (unpaired) electrons. The maximum Gasteiger partial charge on any atom is 0.234 e. The molecular weight excluding hydrogens is 583 g/mol. The van der Waals surface area contributed by atoms with Crippen LogP contribution in [-0.2, 0) is 11.3 Å². The molecule has 0 unspecified atom stereocenters. The SMILES string of the molecule is CC(C)(F)c1ccn2c(-c3ccc(F)c(-c4cccnc4)c3)cnc2n1.CC(C)(F)c1ccn2c(Br)cnc2n1. The van der Waals surface area contributed by atoms with Crippen LogP contribution in [0.3, 0.4) is 0 Å². The van der Waals surface area contributed by atoms with Crippen LogP contribution in [-0.4, -0.2) is 33.7 Å². The van der Waals surface area contributed by atoms with Gasteiger partial charge in [-0.15, -0.1) is 0 Å². The molecule has 0 atom stereocenters. The van der Waals surface area contributed by atoms with Gasteiger partial charge in [0.1, 0.15) is 21.8 Å². The van der Waals surface area contributed by atoms with Gasteiger partial charge in [0.05, 0.1) is 29.5 Å². The summed E-state index contributed by atoms with van der Waals surface area (Å²) in [7, 11) is 0. The highest BCUT2D eigenvalue weighted by atomic mass is 79.9. The quantitative estimate of drug-likeness (QED) is 0.207. The summed E-state index contributed by atoms with van der Waals surface area (Å²) in [5.74, 6) is 0.575. The van der Waals surface area contributed by atoms with Crippen LogP contribution in [0, 0.1) is 5.82 Å². The van der Waals surface area contributed by atoms with Gasteiger partial charge in [0, 0.05) is 41.5 Å². The van der Waals surface area contributed by atoms with Gasteiger partial charge < -0.3 is 0 Å². The zero-order chi connectivity index (χ0) is 28.7. The first kappa shape index (κ1) is 27.4. The van der Waals surface area contributed by atoms with Gasteiger partial charge in [0.25, 0.3) is 0 Å². The molecule has 0 saturated heterocycles. The Labute approximate surface area is 236 Å². The summed E-state index contributed by atoms with van der Waals surface area (Å²) in [6, 6.07) is 11.7. The third-order valence-electron chi connectivity index (χ3n) is 6.17. The molecule has 0 aliphatic carbocycles. The molecule has 40 heavy (non-hydrogen) atoms. The highest BCUT2D eigenvalue weighted by Gasteiger charge is 2.22. The minimum Gasteiger partial charge on any atom is -0.284 e. The molecule has 0 bridgehead atoms. The molecule has 0 N–H and O–H groups in total. The normalized spacial score (nSPS) is 12.0. The van der Waals surface area contributed by atoms with E-state index >= 15 is 0 Å². The first-order valence-electron chi connectivity index (χ1n) is 12.3. The predicted molar refractivity (Wildman–Crippen MR) is 151 cm³/mol. The van der Waals surface area contributed by atoms with Crippen LogP contribution in [0.4, 0.5) is 13.2 Å². The minimum absolute atomic E-state index is 0.317. The average molecular weight is 608 g/mol. The van der Waals surface area contributed by atoms with Crippen molar-refractivity contribution in [2.45, 2.75) is 39.0 Å². The number of hydrogen-bond donors (Lipinski definition) is 0.